The van der Waals surface area contributed by atoms with Crippen LogP contribution in [0, 0.1) is 6.92 Å². The fraction of sp³-hybridized carbons (Fsp3) is 0.438. The van der Waals surface area contributed by atoms with Crippen molar-refractivity contribution in [3.63, 3.8) is 0 Å². The standard InChI is InChI=1S/C16H20F3N5O/c1-11-22-14(25-23-11)8-9-21-15(20-2)24(3)10-12-4-6-13(7-5-12)16(17,18)19/h4-7H,8-10H2,1-3H3,(H,20,21). The average Bonchev–Trinajstić information content (AvgIpc) is 2.96. The number of hydrogen-bond acceptors (Lipinski definition) is 4. The topological polar surface area (TPSA) is 66.5 Å². The zero-order chi connectivity index (χ0) is 18.4. The molecule has 2 aromatic rings. The molecule has 1 heterocycles. The largest absolute Gasteiger partial charge is 0.416 e. The van der Waals surface area contributed by atoms with E-state index in [1.54, 1.807) is 14.0 Å². The number of aryl methyl sites for hydroxylation is 1. The van der Waals surface area contributed by atoms with Crippen molar-refractivity contribution in [1.82, 2.24) is 20.4 Å². The molecule has 0 aliphatic rings. The second-order valence-electron chi connectivity index (χ2n) is 5.51. The van der Waals surface area contributed by atoms with Gasteiger partial charge in [0, 0.05) is 33.6 Å². The van der Waals surface area contributed by atoms with E-state index >= 15 is 0 Å². The van der Waals surface area contributed by atoms with Crippen LogP contribution in [0.4, 0.5) is 13.2 Å². The first-order valence-corrected chi connectivity index (χ1v) is 7.66. The quantitative estimate of drug-likeness (QED) is 0.660. The number of nitrogens with one attached hydrogen (secondary N) is 1. The van der Waals surface area contributed by atoms with Crippen molar-refractivity contribution in [3.8, 4) is 0 Å². The van der Waals surface area contributed by atoms with Gasteiger partial charge in [0.1, 0.15) is 0 Å². The fourth-order valence-corrected chi connectivity index (χ4v) is 2.26. The van der Waals surface area contributed by atoms with Gasteiger partial charge < -0.3 is 14.7 Å². The van der Waals surface area contributed by atoms with E-state index < -0.39 is 11.7 Å². The van der Waals surface area contributed by atoms with Gasteiger partial charge >= 0.3 is 6.18 Å². The van der Waals surface area contributed by atoms with E-state index in [-0.39, 0.29) is 0 Å². The summed E-state index contributed by atoms with van der Waals surface area (Å²) in [5.41, 5.74) is 0.0993. The van der Waals surface area contributed by atoms with E-state index in [9.17, 15) is 13.2 Å². The molecule has 0 unspecified atom stereocenters. The highest BCUT2D eigenvalue weighted by atomic mass is 19.4. The van der Waals surface area contributed by atoms with Crippen LogP contribution >= 0.6 is 0 Å². The predicted octanol–water partition coefficient (Wildman–Crippen LogP) is 2.65. The number of halogens is 3. The highest BCUT2D eigenvalue weighted by Crippen LogP contribution is 2.29. The van der Waals surface area contributed by atoms with Crippen LogP contribution in [0.3, 0.4) is 0 Å². The lowest BCUT2D eigenvalue weighted by Crippen LogP contribution is -2.39. The number of aliphatic imine (C=N–C) groups is 1. The summed E-state index contributed by atoms with van der Waals surface area (Å²) in [7, 11) is 3.45. The molecule has 1 aromatic heterocycles. The molecule has 25 heavy (non-hydrogen) atoms. The first-order chi connectivity index (χ1) is 11.8. The molecule has 0 bridgehead atoms. The van der Waals surface area contributed by atoms with Crippen LogP contribution in [-0.2, 0) is 19.1 Å². The Morgan fingerprint density at radius 2 is 1.96 bits per heavy atom. The van der Waals surface area contributed by atoms with Gasteiger partial charge in [0.05, 0.1) is 5.56 Å². The van der Waals surface area contributed by atoms with Crippen LogP contribution in [0.2, 0.25) is 0 Å². The van der Waals surface area contributed by atoms with Crippen LogP contribution < -0.4 is 5.32 Å². The summed E-state index contributed by atoms with van der Waals surface area (Å²) >= 11 is 0. The van der Waals surface area contributed by atoms with Crippen molar-refractivity contribution in [3.05, 3.63) is 47.1 Å². The van der Waals surface area contributed by atoms with Crippen LogP contribution in [-0.4, -0.2) is 41.6 Å². The molecule has 0 saturated carbocycles. The zero-order valence-corrected chi connectivity index (χ0v) is 14.3. The summed E-state index contributed by atoms with van der Waals surface area (Å²) in [6, 6.07) is 5.09. The van der Waals surface area contributed by atoms with Gasteiger partial charge in [-0.3, -0.25) is 4.99 Å². The van der Waals surface area contributed by atoms with E-state index in [0.717, 1.165) is 17.7 Å². The molecule has 0 spiro atoms. The number of alkyl halides is 3. The van der Waals surface area contributed by atoms with Gasteiger partial charge in [-0.05, 0) is 24.6 Å². The van der Waals surface area contributed by atoms with Gasteiger partial charge in [-0.2, -0.15) is 18.2 Å². The predicted molar refractivity (Wildman–Crippen MR) is 87.0 cm³/mol. The van der Waals surface area contributed by atoms with Gasteiger partial charge in [-0.25, -0.2) is 0 Å². The first-order valence-electron chi connectivity index (χ1n) is 7.66. The normalized spacial score (nSPS) is 12.3. The Kier molecular flexibility index (Phi) is 6.00. The summed E-state index contributed by atoms with van der Waals surface area (Å²) in [6.07, 6.45) is -3.77. The molecular formula is C16H20F3N5O. The zero-order valence-electron chi connectivity index (χ0n) is 14.3. The Bertz CT molecular complexity index is 709. The van der Waals surface area contributed by atoms with Crippen molar-refractivity contribution in [2.75, 3.05) is 20.6 Å². The number of hydrogen-bond donors (Lipinski definition) is 1. The first kappa shape index (κ1) is 18.8. The van der Waals surface area contributed by atoms with Crippen molar-refractivity contribution in [2.45, 2.75) is 26.1 Å². The van der Waals surface area contributed by atoms with Gasteiger partial charge in [0.15, 0.2) is 11.8 Å². The summed E-state index contributed by atoms with van der Waals surface area (Å²) in [4.78, 5) is 10.1. The van der Waals surface area contributed by atoms with Crippen molar-refractivity contribution >= 4 is 5.96 Å². The maximum absolute atomic E-state index is 12.6. The maximum Gasteiger partial charge on any atom is 0.416 e. The molecule has 6 nitrogen and oxygen atoms in total. The summed E-state index contributed by atoms with van der Waals surface area (Å²) in [5, 5.41) is 6.87. The minimum absolute atomic E-state index is 0.428. The molecule has 1 aromatic carbocycles. The van der Waals surface area contributed by atoms with Crippen LogP contribution in [0.25, 0.3) is 0 Å². The second-order valence-corrected chi connectivity index (χ2v) is 5.51. The van der Waals surface area contributed by atoms with E-state index in [4.69, 9.17) is 4.52 Å². The van der Waals surface area contributed by atoms with E-state index in [1.165, 1.54) is 12.1 Å². The van der Waals surface area contributed by atoms with Crippen molar-refractivity contribution in [2.24, 2.45) is 4.99 Å². The average molecular weight is 355 g/mol. The minimum Gasteiger partial charge on any atom is -0.356 e. The third-order valence-corrected chi connectivity index (χ3v) is 3.47. The number of benzene rings is 1. The molecule has 0 aliphatic carbocycles. The number of aromatic nitrogens is 2. The van der Waals surface area contributed by atoms with Gasteiger partial charge in [0.2, 0.25) is 5.89 Å². The summed E-state index contributed by atoms with van der Waals surface area (Å²) in [6.45, 7) is 2.72. The second kappa shape index (κ2) is 8.00. The number of guanidine groups is 1. The highest BCUT2D eigenvalue weighted by molar-refractivity contribution is 5.79. The Labute approximate surface area is 143 Å². The Hall–Kier alpha value is -2.58. The molecule has 2 rings (SSSR count). The van der Waals surface area contributed by atoms with E-state index in [1.807, 2.05) is 11.9 Å². The summed E-state index contributed by atoms with van der Waals surface area (Å²) < 4.78 is 42.8. The Morgan fingerprint density at radius 1 is 1.28 bits per heavy atom. The fourth-order valence-electron chi connectivity index (χ4n) is 2.26. The number of rotatable bonds is 5. The molecule has 0 fully saturated rings. The molecule has 1 N–H and O–H groups in total. The molecule has 136 valence electrons. The third kappa shape index (κ3) is 5.47. The monoisotopic (exact) mass is 355 g/mol. The SMILES string of the molecule is CN=C(NCCc1nc(C)no1)N(C)Cc1ccc(C(F)(F)F)cc1. The van der Waals surface area contributed by atoms with E-state index in [2.05, 4.69) is 20.4 Å². The molecule has 0 atom stereocenters. The van der Waals surface area contributed by atoms with Gasteiger partial charge in [-0.1, -0.05) is 17.3 Å². The molecule has 0 radical (unpaired) electrons. The van der Waals surface area contributed by atoms with Gasteiger partial charge in [-0.15, -0.1) is 0 Å². The third-order valence-electron chi connectivity index (χ3n) is 3.47. The summed E-state index contributed by atoms with van der Waals surface area (Å²) in [5.74, 6) is 1.74. The van der Waals surface area contributed by atoms with E-state index in [0.29, 0.717) is 37.2 Å². The van der Waals surface area contributed by atoms with Gasteiger partial charge in [0.25, 0.3) is 0 Å². The lowest BCUT2D eigenvalue weighted by atomic mass is 10.1. The smallest absolute Gasteiger partial charge is 0.356 e. The molecule has 0 amide bonds. The lowest BCUT2D eigenvalue weighted by Gasteiger charge is -2.22. The van der Waals surface area contributed by atoms with Crippen molar-refractivity contribution in [1.29, 1.82) is 0 Å². The highest BCUT2D eigenvalue weighted by Gasteiger charge is 2.29. The molecule has 9 heteroatoms. The van der Waals surface area contributed by atoms with Crippen LogP contribution in [0.15, 0.2) is 33.8 Å². The molecule has 0 aliphatic heterocycles. The lowest BCUT2D eigenvalue weighted by molar-refractivity contribution is -0.137. The number of nitrogens with zero attached hydrogens (tertiary/aromatic N) is 4. The Balaban J connectivity index is 1.88. The molecular weight excluding hydrogens is 335 g/mol. The minimum atomic E-state index is -4.32. The maximum atomic E-state index is 12.6. The van der Waals surface area contributed by atoms with Crippen LogP contribution in [0.1, 0.15) is 22.8 Å². The van der Waals surface area contributed by atoms with Crippen LogP contribution in [0.5, 0.6) is 0 Å². The van der Waals surface area contributed by atoms with Crippen molar-refractivity contribution < 1.29 is 17.7 Å². The Morgan fingerprint density at radius 3 is 2.48 bits per heavy atom. The molecule has 0 saturated heterocycles.